The van der Waals surface area contributed by atoms with Crippen molar-refractivity contribution in [2.24, 2.45) is 0 Å². The molecular weight excluding hydrogens is 374 g/mol. The van der Waals surface area contributed by atoms with E-state index in [1.807, 2.05) is 0 Å². The quantitative estimate of drug-likeness (QED) is 0.344. The Morgan fingerprint density at radius 3 is 1.94 bits per heavy atom. The largest absolute Gasteiger partial charge is 0.332 e. The van der Waals surface area contributed by atoms with E-state index in [0.29, 0.717) is 5.92 Å². The Kier molecular flexibility index (Phi) is 4.32. The van der Waals surface area contributed by atoms with E-state index in [-0.39, 0.29) is 6.04 Å². The molecule has 1 heterocycles. The van der Waals surface area contributed by atoms with Crippen LogP contribution in [-0.2, 0) is 0 Å². The molecule has 4 aromatic carbocycles. The zero-order valence-corrected chi connectivity index (χ0v) is 17.2. The van der Waals surface area contributed by atoms with E-state index >= 15 is 0 Å². The fraction of sp³-hybridized carbons (Fsp3) is 0.0667. The summed E-state index contributed by atoms with van der Waals surface area (Å²) in [6, 6.07) is 39.4. The summed E-state index contributed by atoms with van der Waals surface area (Å²) in [6.45, 7) is 0. The van der Waals surface area contributed by atoms with Crippen LogP contribution in [0.25, 0.3) is 16.7 Å². The van der Waals surface area contributed by atoms with Gasteiger partial charge in [0.25, 0.3) is 0 Å². The lowest BCUT2D eigenvalue weighted by molar-refractivity contribution is 0.761. The van der Waals surface area contributed by atoms with Crippen LogP contribution in [0.2, 0.25) is 0 Å². The second-order valence-electron chi connectivity index (χ2n) is 8.16. The lowest BCUT2D eigenvalue weighted by Gasteiger charge is -2.34. The zero-order valence-electron chi connectivity index (χ0n) is 17.2. The highest BCUT2D eigenvalue weighted by Crippen LogP contribution is 2.54. The summed E-state index contributed by atoms with van der Waals surface area (Å²) in [6.07, 6.45) is 6.89. The van der Waals surface area contributed by atoms with Gasteiger partial charge in [-0.2, -0.15) is 0 Å². The number of nitrogens with zero attached hydrogens (tertiary/aromatic N) is 1. The van der Waals surface area contributed by atoms with E-state index in [1.165, 1.54) is 39.2 Å². The normalized spacial score (nSPS) is 19.0. The van der Waals surface area contributed by atoms with Gasteiger partial charge >= 0.3 is 0 Å². The standard InChI is InChI=1S/C30H23N/c1-4-12-22(13-5-1)25-18-10-20-27-28-21-11-19-26(23-14-6-2-7-15-23)30(28)31(29(25)27)24-16-8-3-9-17-24/h1-21,27,29H. The van der Waals surface area contributed by atoms with Crippen molar-refractivity contribution < 1.29 is 0 Å². The summed E-state index contributed by atoms with van der Waals surface area (Å²) in [5.74, 6) is 0.319. The molecule has 31 heavy (non-hydrogen) atoms. The minimum absolute atomic E-state index is 0.231. The molecule has 0 N–H and O–H groups in total. The van der Waals surface area contributed by atoms with Crippen molar-refractivity contribution in [3.63, 3.8) is 0 Å². The summed E-state index contributed by atoms with van der Waals surface area (Å²) in [5.41, 5.74) is 9.15. The molecule has 1 aliphatic carbocycles. The Hall–Kier alpha value is -3.84. The summed E-state index contributed by atoms with van der Waals surface area (Å²) < 4.78 is 0. The SMILES string of the molecule is C1=CC2c3cccc(-c4ccccc4)c3N(c3ccccc3)C2C(c2ccccc2)=C1. The van der Waals surface area contributed by atoms with E-state index in [1.54, 1.807) is 0 Å². The molecule has 1 nitrogen and oxygen atoms in total. The van der Waals surface area contributed by atoms with Crippen molar-refractivity contribution in [1.29, 1.82) is 0 Å². The fourth-order valence-electron chi connectivity index (χ4n) is 5.11. The number of anilines is 2. The van der Waals surface area contributed by atoms with E-state index in [2.05, 4.69) is 132 Å². The molecule has 2 aliphatic rings. The number of benzene rings is 4. The first-order chi connectivity index (χ1) is 15.4. The molecule has 2 unspecified atom stereocenters. The minimum Gasteiger partial charge on any atom is -0.332 e. The lowest BCUT2D eigenvalue weighted by atomic mass is 9.83. The van der Waals surface area contributed by atoms with Crippen molar-refractivity contribution in [2.75, 3.05) is 4.90 Å². The van der Waals surface area contributed by atoms with Gasteiger partial charge in [0.05, 0.1) is 11.7 Å². The Labute approximate surface area is 183 Å². The third-order valence-corrected chi connectivity index (χ3v) is 6.42. The highest BCUT2D eigenvalue weighted by molar-refractivity contribution is 5.93. The van der Waals surface area contributed by atoms with Crippen molar-refractivity contribution in [3.05, 3.63) is 139 Å². The topological polar surface area (TPSA) is 3.24 Å². The first kappa shape index (κ1) is 18.0. The van der Waals surface area contributed by atoms with Gasteiger partial charge in [0.1, 0.15) is 0 Å². The molecule has 0 bridgehead atoms. The van der Waals surface area contributed by atoms with Crippen LogP contribution in [0.1, 0.15) is 17.0 Å². The molecule has 0 saturated heterocycles. The van der Waals surface area contributed by atoms with Crippen LogP contribution in [-0.4, -0.2) is 6.04 Å². The molecule has 0 spiro atoms. The first-order valence-electron chi connectivity index (χ1n) is 10.9. The molecule has 6 rings (SSSR count). The van der Waals surface area contributed by atoms with Crippen LogP contribution in [0.3, 0.4) is 0 Å². The van der Waals surface area contributed by atoms with E-state index < -0.39 is 0 Å². The number of para-hydroxylation sites is 2. The van der Waals surface area contributed by atoms with Crippen molar-refractivity contribution in [2.45, 2.75) is 12.0 Å². The van der Waals surface area contributed by atoms with Gasteiger partial charge in [0, 0.05) is 17.2 Å². The highest BCUT2D eigenvalue weighted by atomic mass is 15.2. The average Bonchev–Trinajstić information content (AvgIpc) is 3.20. The molecule has 0 aromatic heterocycles. The molecule has 1 aliphatic heterocycles. The minimum atomic E-state index is 0.231. The van der Waals surface area contributed by atoms with Crippen molar-refractivity contribution >= 4 is 16.9 Å². The third-order valence-electron chi connectivity index (χ3n) is 6.42. The van der Waals surface area contributed by atoms with Crippen LogP contribution >= 0.6 is 0 Å². The van der Waals surface area contributed by atoms with Crippen LogP contribution in [0, 0.1) is 0 Å². The maximum Gasteiger partial charge on any atom is 0.0701 e. The van der Waals surface area contributed by atoms with Gasteiger partial charge in [-0.15, -0.1) is 0 Å². The Morgan fingerprint density at radius 2 is 1.23 bits per heavy atom. The Bertz CT molecular complexity index is 1270. The van der Waals surface area contributed by atoms with Gasteiger partial charge in [-0.3, -0.25) is 0 Å². The number of hydrogen-bond acceptors (Lipinski definition) is 1. The molecule has 4 aromatic rings. The van der Waals surface area contributed by atoms with Crippen molar-refractivity contribution in [1.82, 2.24) is 0 Å². The maximum atomic E-state index is 2.56. The fourth-order valence-corrected chi connectivity index (χ4v) is 5.11. The van der Waals surface area contributed by atoms with E-state index in [4.69, 9.17) is 0 Å². The number of allylic oxidation sites excluding steroid dienone is 2. The van der Waals surface area contributed by atoms with Gasteiger partial charge in [-0.25, -0.2) is 0 Å². The molecule has 0 radical (unpaired) electrons. The molecule has 1 heteroatoms. The molecule has 0 fully saturated rings. The predicted octanol–water partition coefficient (Wildman–Crippen LogP) is 7.61. The first-order valence-corrected chi connectivity index (χ1v) is 10.9. The van der Waals surface area contributed by atoms with E-state index in [9.17, 15) is 0 Å². The summed E-state index contributed by atoms with van der Waals surface area (Å²) in [5, 5.41) is 0. The molecule has 148 valence electrons. The number of rotatable bonds is 3. The molecule has 2 atom stereocenters. The van der Waals surface area contributed by atoms with Crippen LogP contribution < -0.4 is 4.90 Å². The summed E-state index contributed by atoms with van der Waals surface area (Å²) >= 11 is 0. The average molecular weight is 398 g/mol. The van der Waals surface area contributed by atoms with Gasteiger partial charge in [-0.05, 0) is 34.4 Å². The maximum absolute atomic E-state index is 2.56. The number of hydrogen-bond donors (Lipinski definition) is 0. The zero-order chi connectivity index (χ0) is 20.6. The van der Waals surface area contributed by atoms with Gasteiger partial charge in [0.2, 0.25) is 0 Å². The summed E-state index contributed by atoms with van der Waals surface area (Å²) in [4.78, 5) is 2.56. The smallest absolute Gasteiger partial charge is 0.0701 e. The summed E-state index contributed by atoms with van der Waals surface area (Å²) in [7, 11) is 0. The van der Waals surface area contributed by atoms with Crippen LogP contribution in [0.15, 0.2) is 127 Å². The highest BCUT2D eigenvalue weighted by Gasteiger charge is 2.42. The molecule has 0 amide bonds. The van der Waals surface area contributed by atoms with Gasteiger partial charge in [0.15, 0.2) is 0 Å². The Morgan fingerprint density at radius 1 is 0.581 bits per heavy atom. The second-order valence-corrected chi connectivity index (χ2v) is 8.16. The van der Waals surface area contributed by atoms with E-state index in [0.717, 1.165) is 0 Å². The number of fused-ring (bicyclic) bond motifs is 3. The lowest BCUT2D eigenvalue weighted by Crippen LogP contribution is -2.32. The van der Waals surface area contributed by atoms with Crippen LogP contribution in [0.5, 0.6) is 0 Å². The van der Waals surface area contributed by atoms with Crippen LogP contribution in [0.4, 0.5) is 11.4 Å². The second kappa shape index (κ2) is 7.45. The monoisotopic (exact) mass is 397 g/mol. The predicted molar refractivity (Wildman–Crippen MR) is 131 cm³/mol. The Balaban J connectivity index is 1.61. The molecule has 0 saturated carbocycles. The van der Waals surface area contributed by atoms with Crippen molar-refractivity contribution in [3.8, 4) is 11.1 Å². The van der Waals surface area contributed by atoms with Gasteiger partial charge < -0.3 is 4.90 Å². The third kappa shape index (κ3) is 2.93. The van der Waals surface area contributed by atoms with Gasteiger partial charge in [-0.1, -0.05) is 115 Å². The molecular formula is C30H23N.